The molecular weight excluding hydrogens is 521 g/mol. The third-order valence-electron chi connectivity index (χ3n) is 4.95. The van der Waals surface area contributed by atoms with E-state index in [1.807, 2.05) is 0 Å². The SMILES string of the molecule is Cc1cc(C(F)(F)F)nc2sc3c(ncn4nc(Cn5nc(C(F)F)c(Br)c5C)nc34)c12. The Morgan fingerprint density at radius 2 is 1.91 bits per heavy atom. The van der Waals surface area contributed by atoms with Crippen LogP contribution < -0.4 is 0 Å². The van der Waals surface area contributed by atoms with E-state index >= 15 is 0 Å². The number of nitrogens with zero attached hydrogens (tertiary/aromatic N) is 7. The van der Waals surface area contributed by atoms with Crippen LogP contribution in [0, 0.1) is 13.8 Å². The second kappa shape index (κ2) is 7.13. The maximum atomic E-state index is 13.2. The highest BCUT2D eigenvalue weighted by atomic mass is 79.9. The van der Waals surface area contributed by atoms with E-state index in [2.05, 4.69) is 41.1 Å². The van der Waals surface area contributed by atoms with Crippen LogP contribution in [0.15, 0.2) is 16.9 Å². The second-order valence-corrected chi connectivity index (χ2v) is 8.86. The molecule has 0 spiro atoms. The number of alkyl halides is 5. The summed E-state index contributed by atoms with van der Waals surface area (Å²) in [5, 5.41) is 8.76. The van der Waals surface area contributed by atoms with Crippen LogP contribution in [-0.4, -0.2) is 34.3 Å². The first kappa shape index (κ1) is 21.1. The van der Waals surface area contributed by atoms with E-state index in [1.165, 1.54) is 15.5 Å². The third-order valence-corrected chi connectivity index (χ3v) is 7.00. The quantitative estimate of drug-likeness (QED) is 0.289. The van der Waals surface area contributed by atoms with Crippen molar-refractivity contribution in [2.75, 3.05) is 0 Å². The highest BCUT2D eigenvalue weighted by molar-refractivity contribution is 9.10. The van der Waals surface area contributed by atoms with Crippen molar-refractivity contribution in [3.8, 4) is 0 Å². The van der Waals surface area contributed by atoms with Gasteiger partial charge in [-0.15, -0.1) is 16.4 Å². The largest absolute Gasteiger partial charge is 0.433 e. The Kier molecular flexibility index (Phi) is 4.71. The van der Waals surface area contributed by atoms with Crippen LogP contribution in [0.3, 0.4) is 0 Å². The van der Waals surface area contributed by atoms with Crippen LogP contribution in [-0.2, 0) is 12.7 Å². The first-order valence-electron chi connectivity index (χ1n) is 9.07. The number of halogens is 6. The number of thiophene rings is 1. The van der Waals surface area contributed by atoms with Gasteiger partial charge in [-0.2, -0.15) is 18.3 Å². The Balaban J connectivity index is 1.64. The highest BCUT2D eigenvalue weighted by Gasteiger charge is 2.33. The summed E-state index contributed by atoms with van der Waals surface area (Å²) in [6.45, 7) is 3.24. The fourth-order valence-electron chi connectivity index (χ4n) is 3.44. The summed E-state index contributed by atoms with van der Waals surface area (Å²) in [6.07, 6.45) is -5.89. The Morgan fingerprint density at radius 3 is 2.56 bits per heavy atom. The Labute approximate surface area is 188 Å². The predicted octanol–water partition coefficient (Wildman–Crippen LogP) is 5.47. The summed E-state index contributed by atoms with van der Waals surface area (Å²) >= 11 is 4.17. The molecule has 32 heavy (non-hydrogen) atoms. The molecule has 0 saturated carbocycles. The minimum Gasteiger partial charge on any atom is -0.260 e. The van der Waals surface area contributed by atoms with Crippen LogP contribution in [0.1, 0.15) is 34.9 Å². The molecule has 0 aliphatic rings. The summed E-state index contributed by atoms with van der Waals surface area (Å²) in [5.74, 6) is 0.288. The van der Waals surface area contributed by atoms with Crippen molar-refractivity contribution in [2.45, 2.75) is 33.0 Å². The lowest BCUT2D eigenvalue weighted by molar-refractivity contribution is -0.141. The van der Waals surface area contributed by atoms with Crippen molar-refractivity contribution < 1.29 is 22.0 Å². The third kappa shape index (κ3) is 3.23. The zero-order chi connectivity index (χ0) is 22.9. The van der Waals surface area contributed by atoms with Crippen molar-refractivity contribution in [3.05, 3.63) is 45.3 Å². The number of aryl methyl sites for hydroxylation is 1. The molecular formula is C18H11BrF5N7S. The number of pyridine rings is 1. The van der Waals surface area contributed by atoms with Gasteiger partial charge in [0.15, 0.2) is 11.5 Å². The van der Waals surface area contributed by atoms with Crippen LogP contribution in [0.2, 0.25) is 0 Å². The van der Waals surface area contributed by atoms with Gasteiger partial charge in [0.25, 0.3) is 6.43 Å². The molecule has 0 unspecified atom stereocenters. The van der Waals surface area contributed by atoms with Crippen molar-refractivity contribution >= 4 is 53.3 Å². The molecule has 5 rings (SSSR count). The van der Waals surface area contributed by atoms with Gasteiger partial charge in [-0.1, -0.05) is 0 Å². The molecule has 0 atom stereocenters. The number of aromatic nitrogens is 7. The molecule has 0 aliphatic carbocycles. The normalized spacial score (nSPS) is 12.8. The molecule has 0 N–H and O–H groups in total. The maximum absolute atomic E-state index is 13.2. The molecule has 0 aromatic carbocycles. The maximum Gasteiger partial charge on any atom is 0.433 e. The van der Waals surface area contributed by atoms with Crippen LogP contribution in [0.5, 0.6) is 0 Å². The summed E-state index contributed by atoms with van der Waals surface area (Å²) in [4.78, 5) is 12.8. The minimum absolute atomic E-state index is 0.0285. The lowest BCUT2D eigenvalue weighted by Crippen LogP contribution is -2.07. The molecule has 0 amide bonds. The van der Waals surface area contributed by atoms with Gasteiger partial charge >= 0.3 is 6.18 Å². The molecule has 5 aromatic heterocycles. The van der Waals surface area contributed by atoms with E-state index in [1.54, 1.807) is 13.8 Å². The topological polar surface area (TPSA) is 73.8 Å². The van der Waals surface area contributed by atoms with Gasteiger partial charge in [0.1, 0.15) is 33.8 Å². The molecule has 7 nitrogen and oxygen atoms in total. The predicted molar refractivity (Wildman–Crippen MR) is 110 cm³/mol. The lowest BCUT2D eigenvalue weighted by atomic mass is 10.1. The summed E-state index contributed by atoms with van der Waals surface area (Å²) < 4.78 is 69.2. The van der Waals surface area contributed by atoms with Gasteiger partial charge in [-0.3, -0.25) is 4.68 Å². The average molecular weight is 532 g/mol. The molecule has 5 aromatic rings. The summed E-state index contributed by atoms with van der Waals surface area (Å²) in [5.41, 5.74) is 0.418. The first-order chi connectivity index (χ1) is 15.0. The van der Waals surface area contributed by atoms with Gasteiger partial charge in [0.2, 0.25) is 0 Å². The van der Waals surface area contributed by atoms with E-state index in [0.29, 0.717) is 32.5 Å². The molecule has 0 radical (unpaired) electrons. The Bertz CT molecular complexity index is 1520. The van der Waals surface area contributed by atoms with E-state index in [0.717, 1.165) is 17.4 Å². The van der Waals surface area contributed by atoms with Gasteiger partial charge < -0.3 is 0 Å². The van der Waals surface area contributed by atoms with Crippen molar-refractivity contribution in [1.29, 1.82) is 0 Å². The Hall–Kier alpha value is -2.74. The van der Waals surface area contributed by atoms with Crippen LogP contribution in [0.4, 0.5) is 22.0 Å². The molecule has 0 bridgehead atoms. The lowest BCUT2D eigenvalue weighted by Gasteiger charge is -2.06. The van der Waals surface area contributed by atoms with E-state index in [4.69, 9.17) is 0 Å². The monoisotopic (exact) mass is 531 g/mol. The standard InChI is InChI=1S/C18H11BrF5N7S/c1-6-3-8(18(22,23)24)26-17-10(6)12-14(32-17)16-27-9(28-31(16)5-25-12)4-30-7(2)11(19)13(29-30)15(20)21/h3,5,15H,4H2,1-2H3. The number of hydrogen-bond donors (Lipinski definition) is 0. The Morgan fingerprint density at radius 1 is 1.16 bits per heavy atom. The molecule has 0 aliphatic heterocycles. The minimum atomic E-state index is -4.56. The van der Waals surface area contributed by atoms with E-state index in [-0.39, 0.29) is 27.4 Å². The average Bonchev–Trinajstić information content (AvgIpc) is 3.36. The molecule has 14 heteroatoms. The van der Waals surface area contributed by atoms with Crippen LogP contribution >= 0.6 is 27.3 Å². The van der Waals surface area contributed by atoms with Gasteiger partial charge in [-0.05, 0) is 41.4 Å². The molecule has 0 saturated heterocycles. The highest BCUT2D eigenvalue weighted by Crippen LogP contribution is 2.38. The zero-order valence-corrected chi connectivity index (χ0v) is 18.6. The second-order valence-electron chi connectivity index (χ2n) is 7.07. The summed E-state index contributed by atoms with van der Waals surface area (Å²) in [6, 6.07) is 0.995. The zero-order valence-electron chi connectivity index (χ0n) is 16.2. The van der Waals surface area contributed by atoms with Crippen molar-refractivity contribution in [1.82, 2.24) is 34.3 Å². The molecule has 166 valence electrons. The first-order valence-corrected chi connectivity index (χ1v) is 10.7. The number of rotatable bonds is 3. The fourth-order valence-corrected chi connectivity index (χ4v) is 5.08. The van der Waals surface area contributed by atoms with Crippen LogP contribution in [0.25, 0.3) is 26.1 Å². The number of fused-ring (bicyclic) bond motifs is 5. The van der Waals surface area contributed by atoms with E-state index < -0.39 is 18.3 Å². The number of hydrogen-bond acceptors (Lipinski definition) is 6. The van der Waals surface area contributed by atoms with Crippen molar-refractivity contribution in [2.24, 2.45) is 0 Å². The van der Waals surface area contributed by atoms with Gasteiger partial charge in [0.05, 0.1) is 15.7 Å². The van der Waals surface area contributed by atoms with Gasteiger partial charge in [-0.25, -0.2) is 28.2 Å². The molecule has 5 heterocycles. The smallest absolute Gasteiger partial charge is 0.260 e. The van der Waals surface area contributed by atoms with E-state index in [9.17, 15) is 22.0 Å². The molecule has 0 fully saturated rings. The van der Waals surface area contributed by atoms with Gasteiger partial charge in [0, 0.05) is 5.39 Å². The summed E-state index contributed by atoms with van der Waals surface area (Å²) in [7, 11) is 0. The fraction of sp³-hybridized carbons (Fsp3) is 0.278. The van der Waals surface area contributed by atoms with Crippen molar-refractivity contribution in [3.63, 3.8) is 0 Å².